The van der Waals surface area contributed by atoms with Gasteiger partial charge in [0.25, 0.3) is 5.91 Å². The number of methoxy groups -OCH3 is 1. The van der Waals surface area contributed by atoms with Crippen molar-refractivity contribution >= 4 is 22.6 Å². The molecule has 0 bridgehead atoms. The molecule has 0 spiro atoms. The summed E-state index contributed by atoms with van der Waals surface area (Å²) >= 11 is 0. The fourth-order valence-corrected chi connectivity index (χ4v) is 2.73. The standard InChI is InChI=1S/C21H20N2O6/c1-12-8-21(26)29-19-10-15(5-6-16(12)19)28-11-20(25)23-22-13(2)17-7-4-14(27-3)9-18(17)24/h4-10,24H,11H2,1-3H3,(H,23,25)/b22-13+. The molecule has 0 saturated carbocycles. The SMILES string of the molecule is COc1ccc(/C(C)=N/NC(=O)COc2ccc3c(C)cc(=O)oc3c2)c(O)c1. The minimum atomic E-state index is -0.483. The topological polar surface area (TPSA) is 110 Å². The zero-order valence-corrected chi connectivity index (χ0v) is 16.2. The highest BCUT2D eigenvalue weighted by Gasteiger charge is 2.09. The average Bonchev–Trinajstić information content (AvgIpc) is 2.69. The third-order valence-corrected chi connectivity index (χ3v) is 4.24. The van der Waals surface area contributed by atoms with Gasteiger partial charge in [0.05, 0.1) is 12.8 Å². The van der Waals surface area contributed by atoms with Gasteiger partial charge in [-0.25, -0.2) is 10.2 Å². The number of rotatable bonds is 6. The van der Waals surface area contributed by atoms with E-state index in [1.807, 2.05) is 6.92 Å². The smallest absolute Gasteiger partial charge is 0.336 e. The number of ether oxygens (including phenoxy) is 2. The molecule has 0 saturated heterocycles. The van der Waals surface area contributed by atoms with Crippen LogP contribution in [0.5, 0.6) is 17.2 Å². The van der Waals surface area contributed by atoms with Crippen LogP contribution in [-0.4, -0.2) is 30.4 Å². The first-order chi connectivity index (χ1) is 13.9. The van der Waals surface area contributed by atoms with Gasteiger partial charge >= 0.3 is 5.63 Å². The highest BCUT2D eigenvalue weighted by molar-refractivity contribution is 6.01. The van der Waals surface area contributed by atoms with Crippen LogP contribution in [0.3, 0.4) is 0 Å². The van der Waals surface area contributed by atoms with E-state index in [1.54, 1.807) is 37.3 Å². The van der Waals surface area contributed by atoms with Gasteiger partial charge in [0.2, 0.25) is 0 Å². The summed E-state index contributed by atoms with van der Waals surface area (Å²) in [6, 6.07) is 11.2. The molecule has 0 atom stereocenters. The molecule has 150 valence electrons. The third-order valence-electron chi connectivity index (χ3n) is 4.24. The Morgan fingerprint density at radius 2 is 1.93 bits per heavy atom. The molecule has 0 radical (unpaired) electrons. The second kappa shape index (κ2) is 8.47. The Bertz CT molecular complexity index is 1150. The lowest BCUT2D eigenvalue weighted by Crippen LogP contribution is -2.25. The van der Waals surface area contributed by atoms with Crippen molar-refractivity contribution < 1.29 is 23.8 Å². The fourth-order valence-electron chi connectivity index (χ4n) is 2.73. The van der Waals surface area contributed by atoms with Gasteiger partial charge in [0.15, 0.2) is 6.61 Å². The number of benzene rings is 2. The summed E-state index contributed by atoms with van der Waals surface area (Å²) < 4.78 is 15.6. The molecule has 1 heterocycles. The van der Waals surface area contributed by atoms with Crippen molar-refractivity contribution in [2.24, 2.45) is 5.10 Å². The van der Waals surface area contributed by atoms with Gasteiger partial charge in [-0.15, -0.1) is 0 Å². The van der Waals surface area contributed by atoms with Crippen molar-refractivity contribution in [1.82, 2.24) is 5.43 Å². The van der Waals surface area contributed by atoms with Gasteiger partial charge in [-0.05, 0) is 43.7 Å². The zero-order chi connectivity index (χ0) is 21.0. The maximum atomic E-state index is 12.0. The van der Waals surface area contributed by atoms with E-state index >= 15 is 0 Å². The van der Waals surface area contributed by atoms with E-state index < -0.39 is 11.5 Å². The Balaban J connectivity index is 1.63. The number of nitrogens with zero attached hydrogens (tertiary/aromatic N) is 1. The van der Waals surface area contributed by atoms with E-state index in [-0.39, 0.29) is 12.4 Å². The van der Waals surface area contributed by atoms with Gasteiger partial charge in [0, 0.05) is 29.1 Å². The van der Waals surface area contributed by atoms with Crippen molar-refractivity contribution in [2.75, 3.05) is 13.7 Å². The molecule has 2 aromatic carbocycles. The quantitative estimate of drug-likeness (QED) is 0.377. The van der Waals surface area contributed by atoms with Crippen LogP contribution in [0.2, 0.25) is 0 Å². The molecule has 1 amide bonds. The lowest BCUT2D eigenvalue weighted by atomic mass is 10.1. The molecule has 3 aromatic rings. The number of aromatic hydroxyl groups is 1. The van der Waals surface area contributed by atoms with E-state index in [4.69, 9.17) is 13.9 Å². The van der Waals surface area contributed by atoms with Crippen LogP contribution in [0.1, 0.15) is 18.1 Å². The van der Waals surface area contributed by atoms with Gasteiger partial charge in [-0.1, -0.05) is 0 Å². The number of amides is 1. The van der Waals surface area contributed by atoms with Crippen molar-refractivity contribution in [3.8, 4) is 17.2 Å². The summed E-state index contributed by atoms with van der Waals surface area (Å²) in [5.74, 6) is 0.403. The van der Waals surface area contributed by atoms with Gasteiger partial charge in [-0.2, -0.15) is 5.10 Å². The Morgan fingerprint density at radius 3 is 2.66 bits per heavy atom. The van der Waals surface area contributed by atoms with Crippen LogP contribution in [-0.2, 0) is 4.79 Å². The molecule has 8 nitrogen and oxygen atoms in total. The summed E-state index contributed by atoms with van der Waals surface area (Å²) in [4.78, 5) is 23.5. The van der Waals surface area contributed by atoms with Crippen LogP contribution < -0.4 is 20.5 Å². The highest BCUT2D eigenvalue weighted by atomic mass is 16.5. The second-order valence-electron chi connectivity index (χ2n) is 6.31. The summed E-state index contributed by atoms with van der Waals surface area (Å²) in [6.07, 6.45) is 0. The molecule has 0 fully saturated rings. The van der Waals surface area contributed by atoms with Crippen LogP contribution >= 0.6 is 0 Å². The predicted molar refractivity (Wildman–Crippen MR) is 108 cm³/mol. The number of carbonyl (C=O) groups is 1. The highest BCUT2D eigenvalue weighted by Crippen LogP contribution is 2.24. The monoisotopic (exact) mass is 396 g/mol. The minimum absolute atomic E-state index is 0.0101. The first-order valence-electron chi connectivity index (χ1n) is 8.75. The largest absolute Gasteiger partial charge is 0.507 e. The van der Waals surface area contributed by atoms with E-state index in [2.05, 4.69) is 10.5 Å². The van der Waals surface area contributed by atoms with Crippen molar-refractivity contribution in [3.05, 3.63) is 64.0 Å². The van der Waals surface area contributed by atoms with Crippen LogP contribution in [0, 0.1) is 6.92 Å². The number of phenols is 1. The summed E-state index contributed by atoms with van der Waals surface area (Å²) in [5.41, 5.74) is 3.99. The first kappa shape index (κ1) is 19.9. The molecule has 29 heavy (non-hydrogen) atoms. The maximum Gasteiger partial charge on any atom is 0.336 e. The second-order valence-corrected chi connectivity index (χ2v) is 6.31. The lowest BCUT2D eigenvalue weighted by Gasteiger charge is -2.08. The molecule has 0 aliphatic rings. The summed E-state index contributed by atoms with van der Waals surface area (Å²) in [6.45, 7) is 3.18. The minimum Gasteiger partial charge on any atom is -0.507 e. The number of fused-ring (bicyclic) bond motifs is 1. The fraction of sp³-hybridized carbons (Fsp3) is 0.190. The van der Waals surface area contributed by atoms with Crippen LogP contribution in [0.25, 0.3) is 11.0 Å². The number of hydrogen-bond acceptors (Lipinski definition) is 7. The van der Waals surface area contributed by atoms with Crippen molar-refractivity contribution in [2.45, 2.75) is 13.8 Å². The van der Waals surface area contributed by atoms with Gasteiger partial charge in [-0.3, -0.25) is 4.79 Å². The number of aryl methyl sites for hydroxylation is 1. The predicted octanol–water partition coefficient (Wildman–Crippen LogP) is 2.73. The Morgan fingerprint density at radius 1 is 1.17 bits per heavy atom. The molecule has 8 heteroatoms. The molecular weight excluding hydrogens is 376 g/mol. The van der Waals surface area contributed by atoms with E-state index in [9.17, 15) is 14.7 Å². The van der Waals surface area contributed by atoms with Crippen molar-refractivity contribution in [3.63, 3.8) is 0 Å². The Labute approximate surface area is 166 Å². The molecule has 1 aromatic heterocycles. The van der Waals surface area contributed by atoms with Gasteiger partial charge < -0.3 is 19.0 Å². The summed E-state index contributed by atoms with van der Waals surface area (Å²) in [5, 5.41) is 14.8. The number of hydrazone groups is 1. The van der Waals surface area contributed by atoms with Gasteiger partial charge in [0.1, 0.15) is 22.8 Å². The van der Waals surface area contributed by atoms with Crippen molar-refractivity contribution in [1.29, 1.82) is 0 Å². The normalized spacial score (nSPS) is 11.3. The van der Waals surface area contributed by atoms with E-state index in [0.29, 0.717) is 28.4 Å². The molecule has 0 unspecified atom stereocenters. The number of carbonyl (C=O) groups excluding carboxylic acids is 1. The zero-order valence-electron chi connectivity index (χ0n) is 16.2. The Kier molecular flexibility index (Phi) is 5.82. The Hall–Kier alpha value is -3.81. The van der Waals surface area contributed by atoms with Crippen LogP contribution in [0.4, 0.5) is 0 Å². The number of hydrogen-bond donors (Lipinski definition) is 2. The molecular formula is C21H20N2O6. The molecule has 0 aliphatic heterocycles. The third kappa shape index (κ3) is 4.73. The summed E-state index contributed by atoms with van der Waals surface area (Å²) in [7, 11) is 1.50. The number of phenolic OH excluding ortho intramolecular Hbond substituents is 1. The number of nitrogens with one attached hydrogen (secondary N) is 1. The lowest BCUT2D eigenvalue weighted by molar-refractivity contribution is -0.123. The molecule has 0 aliphatic carbocycles. The van der Waals surface area contributed by atoms with Crippen LogP contribution in [0.15, 0.2) is 56.8 Å². The first-order valence-corrected chi connectivity index (χ1v) is 8.75. The van der Waals surface area contributed by atoms with E-state index in [1.165, 1.54) is 19.2 Å². The molecule has 3 rings (SSSR count). The average molecular weight is 396 g/mol. The maximum absolute atomic E-state index is 12.0. The molecule has 2 N–H and O–H groups in total. The van der Waals surface area contributed by atoms with E-state index in [0.717, 1.165) is 10.9 Å².